The Labute approximate surface area is 310 Å². The fourth-order valence-corrected chi connectivity index (χ4v) is 7.99. The Kier molecular flexibility index (Phi) is 9.37. The fraction of sp³-hybridized carbons (Fsp3) is 0.333. The summed E-state index contributed by atoms with van der Waals surface area (Å²) in [5.74, 6) is 0.0273. The molecular formula is C42H39F2N5O5. The molecule has 4 heterocycles. The fourth-order valence-electron chi connectivity index (χ4n) is 7.99. The van der Waals surface area contributed by atoms with Crippen LogP contribution in [0.2, 0.25) is 0 Å². The molecule has 10 nitrogen and oxygen atoms in total. The monoisotopic (exact) mass is 731 g/mol. The van der Waals surface area contributed by atoms with Gasteiger partial charge in [0.25, 0.3) is 0 Å². The van der Waals surface area contributed by atoms with E-state index in [0.717, 1.165) is 58.6 Å². The van der Waals surface area contributed by atoms with Crippen molar-refractivity contribution in [2.75, 3.05) is 26.2 Å². The lowest BCUT2D eigenvalue weighted by Crippen LogP contribution is -2.23. The summed E-state index contributed by atoms with van der Waals surface area (Å²) in [5, 5.41) is 19.4. The maximum absolute atomic E-state index is 13.5. The number of benzene rings is 4. The third-order valence-corrected chi connectivity index (χ3v) is 10.8. The van der Waals surface area contributed by atoms with Crippen LogP contribution in [-0.2, 0) is 17.9 Å². The van der Waals surface area contributed by atoms with E-state index in [-0.39, 0.29) is 12.3 Å². The predicted octanol–water partition coefficient (Wildman–Crippen LogP) is 8.81. The van der Waals surface area contributed by atoms with Crippen LogP contribution in [0.15, 0.2) is 69.5 Å². The number of oxazole rings is 2. The van der Waals surface area contributed by atoms with Crippen LogP contribution in [0, 0.1) is 37.0 Å². The number of aromatic nitrogens is 2. The van der Waals surface area contributed by atoms with Crippen molar-refractivity contribution in [3.63, 3.8) is 0 Å². The van der Waals surface area contributed by atoms with Gasteiger partial charge in [0.2, 0.25) is 11.8 Å². The van der Waals surface area contributed by atoms with Gasteiger partial charge in [-0.3, -0.25) is 14.6 Å². The van der Waals surface area contributed by atoms with Crippen molar-refractivity contribution in [2.45, 2.75) is 53.3 Å². The van der Waals surface area contributed by atoms with Crippen molar-refractivity contribution in [3.8, 4) is 45.9 Å². The Bertz CT molecular complexity index is 2450. The Morgan fingerprint density at radius 3 is 2.19 bits per heavy atom. The number of carbonyl (C=O) groups is 1. The van der Waals surface area contributed by atoms with Gasteiger partial charge in [-0.1, -0.05) is 31.2 Å². The number of hydrogen-bond acceptors (Lipinski definition) is 9. The van der Waals surface area contributed by atoms with Crippen molar-refractivity contribution in [3.05, 3.63) is 88.5 Å². The first-order valence-electron chi connectivity index (χ1n) is 18.1. The lowest BCUT2D eigenvalue weighted by atomic mass is 9.91. The lowest BCUT2D eigenvalue weighted by Gasteiger charge is -2.17. The number of ether oxygens (including phenoxy) is 1. The first-order valence-corrected chi connectivity index (χ1v) is 18.1. The second-order valence-electron chi connectivity index (χ2n) is 14.6. The minimum atomic E-state index is -3.05. The molecular weight excluding hydrogens is 692 g/mol. The van der Waals surface area contributed by atoms with Crippen LogP contribution in [0.25, 0.3) is 56.2 Å². The number of aliphatic carboxylic acids is 1. The molecule has 0 unspecified atom stereocenters. The molecule has 0 spiro atoms. The van der Waals surface area contributed by atoms with Gasteiger partial charge in [-0.2, -0.15) is 14.0 Å². The molecule has 2 fully saturated rings. The van der Waals surface area contributed by atoms with Crippen molar-refractivity contribution in [1.82, 2.24) is 19.8 Å². The highest BCUT2D eigenvalue weighted by Crippen LogP contribution is 2.39. The van der Waals surface area contributed by atoms with E-state index in [9.17, 15) is 23.9 Å². The summed E-state index contributed by atoms with van der Waals surface area (Å²) in [7, 11) is 0. The third kappa shape index (κ3) is 6.81. The summed E-state index contributed by atoms with van der Waals surface area (Å²) in [6.07, 6.45) is 1.66. The Hall–Kier alpha value is -5.64. The highest BCUT2D eigenvalue weighted by atomic mass is 19.3. The average Bonchev–Trinajstić information content (AvgIpc) is 3.95. The average molecular weight is 732 g/mol. The SMILES string of the molecule is Cc1c(-c2nc3cc(CN4CC[C@H](C(=O)O)C4)c(OC(F)F)cc3o2)cccc1-c1cccc(-c2nc3cc(CN4CC[C@H](C)C4)cc(C#N)c3o2)c1C. The summed E-state index contributed by atoms with van der Waals surface area (Å²) < 4.78 is 44.3. The van der Waals surface area contributed by atoms with Crippen LogP contribution in [0.3, 0.4) is 0 Å². The maximum atomic E-state index is 13.5. The molecule has 1 N–H and O–H groups in total. The van der Waals surface area contributed by atoms with Gasteiger partial charge in [0.15, 0.2) is 11.2 Å². The molecule has 0 radical (unpaired) electrons. The summed E-state index contributed by atoms with van der Waals surface area (Å²) in [5.41, 5.74) is 9.15. The first-order chi connectivity index (χ1) is 26.0. The molecule has 0 bridgehead atoms. The topological polar surface area (TPSA) is 129 Å². The summed E-state index contributed by atoms with van der Waals surface area (Å²) >= 11 is 0. The van der Waals surface area contributed by atoms with E-state index >= 15 is 0 Å². The second-order valence-corrected chi connectivity index (χ2v) is 14.6. The van der Waals surface area contributed by atoms with E-state index in [1.165, 1.54) is 12.5 Å². The van der Waals surface area contributed by atoms with E-state index in [1.807, 2.05) is 67.3 Å². The van der Waals surface area contributed by atoms with E-state index < -0.39 is 18.5 Å². The predicted molar refractivity (Wildman–Crippen MR) is 199 cm³/mol. The minimum Gasteiger partial charge on any atom is -0.481 e. The van der Waals surface area contributed by atoms with Gasteiger partial charge in [-0.25, -0.2) is 9.97 Å². The lowest BCUT2D eigenvalue weighted by molar-refractivity contribution is -0.141. The summed E-state index contributed by atoms with van der Waals surface area (Å²) in [4.78, 5) is 25.5. The van der Waals surface area contributed by atoms with E-state index in [2.05, 4.69) is 17.9 Å². The molecule has 2 aliphatic heterocycles. The maximum Gasteiger partial charge on any atom is 0.387 e. The van der Waals surface area contributed by atoms with Gasteiger partial charge >= 0.3 is 12.6 Å². The zero-order valence-corrected chi connectivity index (χ0v) is 30.2. The Morgan fingerprint density at radius 1 is 0.907 bits per heavy atom. The molecule has 2 aromatic heterocycles. The minimum absolute atomic E-state index is 0.0320. The van der Waals surface area contributed by atoms with Gasteiger partial charge in [-0.05, 0) is 104 Å². The second kappa shape index (κ2) is 14.3. The quantitative estimate of drug-likeness (QED) is 0.146. The zero-order chi connectivity index (χ0) is 37.7. The van der Waals surface area contributed by atoms with Crippen LogP contribution in [0.4, 0.5) is 8.78 Å². The molecule has 6 aromatic rings. The number of carboxylic acids is 1. The number of halogens is 2. The molecule has 276 valence electrons. The smallest absolute Gasteiger partial charge is 0.387 e. The number of likely N-dealkylation sites (tertiary alicyclic amines) is 2. The van der Waals surface area contributed by atoms with Crippen molar-refractivity contribution < 1.29 is 32.3 Å². The first kappa shape index (κ1) is 35.4. The molecule has 0 aliphatic carbocycles. The number of rotatable bonds is 10. The number of nitriles is 1. The number of hydrogen-bond donors (Lipinski definition) is 1. The molecule has 8 rings (SSSR count). The zero-order valence-electron chi connectivity index (χ0n) is 30.2. The van der Waals surface area contributed by atoms with Gasteiger partial charge in [0.05, 0.1) is 11.5 Å². The molecule has 0 saturated carbocycles. The molecule has 4 aromatic carbocycles. The molecule has 2 saturated heterocycles. The molecule has 0 amide bonds. The van der Waals surface area contributed by atoms with Crippen molar-refractivity contribution in [1.29, 1.82) is 5.26 Å². The van der Waals surface area contributed by atoms with Crippen LogP contribution in [-0.4, -0.2) is 63.6 Å². The number of alkyl halides is 2. The van der Waals surface area contributed by atoms with Crippen LogP contribution in [0.5, 0.6) is 5.75 Å². The number of fused-ring (bicyclic) bond motifs is 2. The van der Waals surface area contributed by atoms with Crippen LogP contribution >= 0.6 is 0 Å². The summed E-state index contributed by atoms with van der Waals surface area (Å²) in [6.45, 7) is 7.16. The van der Waals surface area contributed by atoms with Crippen LogP contribution < -0.4 is 4.74 Å². The van der Waals surface area contributed by atoms with E-state index in [1.54, 1.807) is 6.07 Å². The summed E-state index contributed by atoms with van der Waals surface area (Å²) in [6, 6.07) is 21.1. The molecule has 2 aliphatic rings. The van der Waals surface area contributed by atoms with E-state index in [4.69, 9.17) is 23.5 Å². The van der Waals surface area contributed by atoms with Gasteiger partial charge < -0.3 is 18.7 Å². The largest absolute Gasteiger partial charge is 0.481 e. The third-order valence-electron chi connectivity index (χ3n) is 10.8. The standard InChI is InChI=1S/C42H39F2N5O5/c1-23-10-12-48(19-23)20-26-14-28(18-45)38-35(15-26)47-40(54-38)33-9-5-7-31(25(33)3)30-6-4-8-32(24(30)2)39-46-34-16-29(22-49-13-11-27(21-49)41(50)51)36(53-42(43)44)17-37(34)52-39/h4-9,14-17,23,27,42H,10-13,19-22H2,1-3H3,(H,50,51)/t23-,27-/m0/s1. The van der Waals surface area contributed by atoms with Gasteiger partial charge in [-0.15, -0.1) is 0 Å². The Balaban J connectivity index is 1.11. The van der Waals surface area contributed by atoms with Gasteiger partial charge in [0, 0.05) is 48.9 Å². The molecule has 54 heavy (non-hydrogen) atoms. The normalized spacial score (nSPS) is 17.9. The van der Waals surface area contributed by atoms with Crippen LogP contribution in [0.1, 0.15) is 47.6 Å². The Morgan fingerprint density at radius 2 is 1.56 bits per heavy atom. The van der Waals surface area contributed by atoms with Gasteiger partial charge in [0.1, 0.15) is 22.9 Å². The number of carboxylic acid groups (broad SMARTS) is 1. The number of nitrogens with zero attached hydrogens (tertiary/aromatic N) is 5. The van der Waals surface area contributed by atoms with E-state index in [0.29, 0.717) is 70.5 Å². The molecule has 2 atom stereocenters. The highest BCUT2D eigenvalue weighted by molar-refractivity contribution is 5.86. The highest BCUT2D eigenvalue weighted by Gasteiger charge is 2.29. The van der Waals surface area contributed by atoms with Crippen molar-refractivity contribution >= 4 is 28.2 Å². The molecule has 12 heteroatoms. The van der Waals surface area contributed by atoms with Crippen molar-refractivity contribution in [2.24, 2.45) is 11.8 Å².